The lowest BCUT2D eigenvalue weighted by Gasteiger charge is -2.42. The SMILES string of the molecule is CCC(C)N1CCN(C(CN)C(C)C)CC1. The van der Waals surface area contributed by atoms with Crippen molar-refractivity contribution in [1.82, 2.24) is 9.80 Å². The van der Waals surface area contributed by atoms with Crippen molar-refractivity contribution in [2.45, 2.75) is 46.2 Å². The molecular weight excluding hydrogens is 198 g/mol. The van der Waals surface area contributed by atoms with E-state index in [1.807, 2.05) is 0 Å². The van der Waals surface area contributed by atoms with Crippen molar-refractivity contribution in [3.8, 4) is 0 Å². The molecule has 0 aromatic rings. The second kappa shape index (κ2) is 6.58. The molecule has 96 valence electrons. The molecular formula is C13H29N3. The Labute approximate surface area is 101 Å². The van der Waals surface area contributed by atoms with Crippen LogP contribution in [0, 0.1) is 5.92 Å². The summed E-state index contributed by atoms with van der Waals surface area (Å²) in [6.45, 7) is 14.7. The molecule has 0 spiro atoms. The summed E-state index contributed by atoms with van der Waals surface area (Å²) in [7, 11) is 0. The van der Waals surface area contributed by atoms with Crippen molar-refractivity contribution in [2.24, 2.45) is 11.7 Å². The number of piperazine rings is 1. The zero-order valence-electron chi connectivity index (χ0n) is 11.4. The van der Waals surface area contributed by atoms with Gasteiger partial charge in [-0.2, -0.15) is 0 Å². The van der Waals surface area contributed by atoms with E-state index < -0.39 is 0 Å². The average Bonchev–Trinajstić information content (AvgIpc) is 2.29. The smallest absolute Gasteiger partial charge is 0.0242 e. The summed E-state index contributed by atoms with van der Waals surface area (Å²) in [5.41, 5.74) is 5.87. The van der Waals surface area contributed by atoms with Gasteiger partial charge in [0.05, 0.1) is 0 Å². The van der Waals surface area contributed by atoms with Crippen LogP contribution in [0.15, 0.2) is 0 Å². The highest BCUT2D eigenvalue weighted by Gasteiger charge is 2.26. The van der Waals surface area contributed by atoms with E-state index in [-0.39, 0.29) is 0 Å². The molecule has 0 aliphatic carbocycles. The number of rotatable bonds is 5. The lowest BCUT2D eigenvalue weighted by Crippen LogP contribution is -2.55. The van der Waals surface area contributed by atoms with Crippen LogP contribution < -0.4 is 5.73 Å². The maximum atomic E-state index is 5.87. The molecule has 1 aliphatic heterocycles. The summed E-state index contributed by atoms with van der Waals surface area (Å²) >= 11 is 0. The summed E-state index contributed by atoms with van der Waals surface area (Å²) in [4.78, 5) is 5.17. The molecule has 1 aliphatic rings. The fourth-order valence-electron chi connectivity index (χ4n) is 2.61. The first kappa shape index (κ1) is 13.9. The van der Waals surface area contributed by atoms with Gasteiger partial charge < -0.3 is 5.73 Å². The Morgan fingerprint density at radius 3 is 1.88 bits per heavy atom. The molecule has 0 saturated carbocycles. The zero-order chi connectivity index (χ0) is 12.1. The highest BCUT2D eigenvalue weighted by molar-refractivity contribution is 4.82. The second-order valence-corrected chi connectivity index (χ2v) is 5.38. The minimum absolute atomic E-state index is 0.569. The van der Waals surface area contributed by atoms with Crippen molar-refractivity contribution in [3.05, 3.63) is 0 Å². The molecule has 0 aromatic heterocycles. The van der Waals surface area contributed by atoms with E-state index in [9.17, 15) is 0 Å². The van der Waals surface area contributed by atoms with Crippen LogP contribution in [0.2, 0.25) is 0 Å². The molecule has 1 fully saturated rings. The third kappa shape index (κ3) is 3.44. The zero-order valence-corrected chi connectivity index (χ0v) is 11.4. The normalized spacial score (nSPS) is 23.6. The maximum Gasteiger partial charge on any atom is 0.0242 e. The van der Waals surface area contributed by atoms with Crippen LogP contribution in [-0.4, -0.2) is 54.6 Å². The van der Waals surface area contributed by atoms with Gasteiger partial charge in [-0.25, -0.2) is 0 Å². The van der Waals surface area contributed by atoms with Gasteiger partial charge >= 0.3 is 0 Å². The molecule has 2 N–H and O–H groups in total. The summed E-state index contributed by atoms with van der Waals surface area (Å²) in [6.07, 6.45) is 1.25. The Hall–Kier alpha value is -0.120. The molecule has 2 unspecified atom stereocenters. The predicted molar refractivity (Wildman–Crippen MR) is 70.6 cm³/mol. The van der Waals surface area contributed by atoms with Crippen LogP contribution in [-0.2, 0) is 0 Å². The molecule has 0 bridgehead atoms. The van der Waals surface area contributed by atoms with E-state index in [0.29, 0.717) is 12.0 Å². The highest BCUT2D eigenvalue weighted by Crippen LogP contribution is 2.15. The van der Waals surface area contributed by atoms with E-state index >= 15 is 0 Å². The monoisotopic (exact) mass is 227 g/mol. The number of nitrogens with two attached hydrogens (primary N) is 1. The third-order valence-corrected chi connectivity index (χ3v) is 4.04. The first-order valence-electron chi connectivity index (χ1n) is 6.78. The van der Waals surface area contributed by atoms with E-state index in [4.69, 9.17) is 5.73 Å². The standard InChI is InChI=1S/C13H29N3/c1-5-12(4)15-6-8-16(9-7-15)13(10-14)11(2)3/h11-13H,5-10,14H2,1-4H3. The van der Waals surface area contributed by atoms with E-state index in [0.717, 1.165) is 12.6 Å². The van der Waals surface area contributed by atoms with Gasteiger partial charge in [-0.05, 0) is 19.3 Å². The van der Waals surface area contributed by atoms with Crippen molar-refractivity contribution in [3.63, 3.8) is 0 Å². The molecule has 1 saturated heterocycles. The minimum atomic E-state index is 0.569. The maximum absolute atomic E-state index is 5.87. The van der Waals surface area contributed by atoms with Gasteiger partial charge in [-0.1, -0.05) is 20.8 Å². The average molecular weight is 227 g/mol. The van der Waals surface area contributed by atoms with Gasteiger partial charge in [0, 0.05) is 44.8 Å². The van der Waals surface area contributed by atoms with E-state index in [1.165, 1.54) is 32.6 Å². The van der Waals surface area contributed by atoms with Crippen LogP contribution in [0.3, 0.4) is 0 Å². The topological polar surface area (TPSA) is 32.5 Å². The van der Waals surface area contributed by atoms with Crippen LogP contribution >= 0.6 is 0 Å². The van der Waals surface area contributed by atoms with Crippen LogP contribution in [0.1, 0.15) is 34.1 Å². The Morgan fingerprint density at radius 1 is 1.00 bits per heavy atom. The molecule has 3 nitrogen and oxygen atoms in total. The van der Waals surface area contributed by atoms with Crippen molar-refractivity contribution in [1.29, 1.82) is 0 Å². The Kier molecular flexibility index (Phi) is 5.73. The van der Waals surface area contributed by atoms with Gasteiger partial charge in [0.1, 0.15) is 0 Å². The first-order valence-corrected chi connectivity index (χ1v) is 6.78. The number of nitrogens with zero attached hydrogens (tertiary/aromatic N) is 2. The molecule has 2 atom stereocenters. The Morgan fingerprint density at radius 2 is 1.50 bits per heavy atom. The number of hydrogen-bond acceptors (Lipinski definition) is 3. The van der Waals surface area contributed by atoms with Gasteiger partial charge in [0.25, 0.3) is 0 Å². The first-order chi connectivity index (χ1) is 7.60. The van der Waals surface area contributed by atoms with Gasteiger partial charge in [-0.3, -0.25) is 9.80 Å². The van der Waals surface area contributed by atoms with Gasteiger partial charge in [0.2, 0.25) is 0 Å². The minimum Gasteiger partial charge on any atom is -0.329 e. The summed E-state index contributed by atoms with van der Waals surface area (Å²) in [5, 5.41) is 0. The molecule has 0 aromatic carbocycles. The van der Waals surface area contributed by atoms with E-state index in [1.54, 1.807) is 0 Å². The molecule has 1 heterocycles. The summed E-state index contributed by atoms with van der Waals surface area (Å²) in [5.74, 6) is 0.667. The van der Waals surface area contributed by atoms with Gasteiger partial charge in [-0.15, -0.1) is 0 Å². The quantitative estimate of drug-likeness (QED) is 0.770. The van der Waals surface area contributed by atoms with Crippen molar-refractivity contribution in [2.75, 3.05) is 32.7 Å². The third-order valence-electron chi connectivity index (χ3n) is 4.04. The van der Waals surface area contributed by atoms with Crippen molar-refractivity contribution < 1.29 is 0 Å². The molecule has 0 amide bonds. The molecule has 16 heavy (non-hydrogen) atoms. The summed E-state index contributed by atoms with van der Waals surface area (Å²) < 4.78 is 0. The number of hydrogen-bond donors (Lipinski definition) is 1. The van der Waals surface area contributed by atoms with Crippen LogP contribution in [0.25, 0.3) is 0 Å². The van der Waals surface area contributed by atoms with Crippen LogP contribution in [0.4, 0.5) is 0 Å². The highest BCUT2D eigenvalue weighted by atomic mass is 15.3. The fourth-order valence-corrected chi connectivity index (χ4v) is 2.61. The largest absolute Gasteiger partial charge is 0.329 e. The lowest BCUT2D eigenvalue weighted by molar-refractivity contribution is 0.0600. The lowest BCUT2D eigenvalue weighted by atomic mass is 10.0. The van der Waals surface area contributed by atoms with Crippen molar-refractivity contribution >= 4 is 0 Å². The molecule has 3 heteroatoms. The second-order valence-electron chi connectivity index (χ2n) is 5.38. The predicted octanol–water partition coefficient (Wildman–Crippen LogP) is 1.39. The Bertz CT molecular complexity index is 186. The molecule has 0 radical (unpaired) electrons. The van der Waals surface area contributed by atoms with E-state index in [2.05, 4.69) is 37.5 Å². The van der Waals surface area contributed by atoms with Crippen LogP contribution in [0.5, 0.6) is 0 Å². The van der Waals surface area contributed by atoms with Gasteiger partial charge in [0.15, 0.2) is 0 Å². The fraction of sp³-hybridized carbons (Fsp3) is 1.00. The Balaban J connectivity index is 2.41. The summed E-state index contributed by atoms with van der Waals surface area (Å²) in [6, 6.07) is 1.30. The molecule has 1 rings (SSSR count).